The number of nitrogens with zero attached hydrogens (tertiary/aromatic N) is 2. The Bertz CT molecular complexity index is 498. The average molecular weight is 254 g/mol. The number of unbranched alkanes of at least 4 members (excludes halogenated alkanes) is 2. The molecule has 19 heavy (non-hydrogen) atoms. The Hall–Kier alpha value is -1.70. The van der Waals surface area contributed by atoms with Crippen LogP contribution in [0, 0.1) is 0 Å². The molecule has 2 rings (SSSR count). The predicted octanol–water partition coefficient (Wildman–Crippen LogP) is 5.39. The molecule has 0 unspecified atom stereocenters. The highest BCUT2D eigenvalue weighted by molar-refractivity contribution is 6.08. The second-order valence-electron chi connectivity index (χ2n) is 4.97. The van der Waals surface area contributed by atoms with E-state index in [1.165, 1.54) is 30.7 Å². The van der Waals surface area contributed by atoms with Gasteiger partial charge < -0.3 is 0 Å². The lowest BCUT2D eigenvalue weighted by Crippen LogP contribution is -2.06. The van der Waals surface area contributed by atoms with E-state index in [4.69, 9.17) is 9.98 Å². The van der Waals surface area contributed by atoms with Crippen molar-refractivity contribution in [1.82, 2.24) is 0 Å². The number of hydrogen-bond acceptors (Lipinski definition) is 2. The highest BCUT2D eigenvalue weighted by atomic mass is 14.9. The summed E-state index contributed by atoms with van der Waals surface area (Å²) in [6, 6.07) is 8.14. The Morgan fingerprint density at radius 2 is 1.79 bits per heavy atom. The van der Waals surface area contributed by atoms with Crippen LogP contribution in [0.25, 0.3) is 0 Å². The van der Waals surface area contributed by atoms with Gasteiger partial charge in [-0.1, -0.05) is 38.0 Å². The second-order valence-corrected chi connectivity index (χ2v) is 4.97. The fourth-order valence-corrected chi connectivity index (χ4v) is 2.32. The zero-order chi connectivity index (χ0) is 13.5. The maximum absolute atomic E-state index is 4.81. The molecule has 1 aliphatic heterocycles. The standard InChI is InChI=1S/C17H22N2/c1-3-5-6-10-15-13-14(9-4-2)18-16-11-7-8-12-17(16)19-15/h4,7-8,11-12H,2-3,5-6,9-10,13H2,1H3. The smallest absolute Gasteiger partial charge is 0.0885 e. The molecule has 0 saturated carbocycles. The van der Waals surface area contributed by atoms with Crippen molar-refractivity contribution in [1.29, 1.82) is 0 Å². The third-order valence-electron chi connectivity index (χ3n) is 3.30. The van der Waals surface area contributed by atoms with Crippen molar-refractivity contribution in [3.63, 3.8) is 0 Å². The van der Waals surface area contributed by atoms with Crippen molar-refractivity contribution in [2.45, 2.75) is 45.4 Å². The Kier molecular flexibility index (Phi) is 5.08. The van der Waals surface area contributed by atoms with Gasteiger partial charge in [0.2, 0.25) is 0 Å². The summed E-state index contributed by atoms with van der Waals surface area (Å²) >= 11 is 0. The molecule has 1 aromatic carbocycles. The van der Waals surface area contributed by atoms with Gasteiger partial charge >= 0.3 is 0 Å². The van der Waals surface area contributed by atoms with Crippen LogP contribution in [-0.4, -0.2) is 11.4 Å². The van der Waals surface area contributed by atoms with Crippen LogP contribution >= 0.6 is 0 Å². The van der Waals surface area contributed by atoms with Gasteiger partial charge in [0.25, 0.3) is 0 Å². The third kappa shape index (κ3) is 3.88. The molecule has 0 amide bonds. The molecular formula is C17H22N2. The predicted molar refractivity (Wildman–Crippen MR) is 84.2 cm³/mol. The van der Waals surface area contributed by atoms with Gasteiger partial charge in [-0.15, -0.1) is 6.58 Å². The Morgan fingerprint density at radius 3 is 2.42 bits per heavy atom. The lowest BCUT2D eigenvalue weighted by Gasteiger charge is -2.05. The molecule has 0 spiro atoms. The molecule has 2 heteroatoms. The minimum absolute atomic E-state index is 0.848. The summed E-state index contributed by atoms with van der Waals surface area (Å²) in [5.74, 6) is 0. The van der Waals surface area contributed by atoms with E-state index in [2.05, 4.69) is 19.6 Å². The first-order valence-corrected chi connectivity index (χ1v) is 7.16. The molecule has 1 aliphatic rings. The lowest BCUT2D eigenvalue weighted by atomic mass is 10.0. The summed E-state index contributed by atoms with van der Waals surface area (Å²) in [6.07, 6.45) is 8.49. The molecule has 0 radical (unpaired) electrons. The van der Waals surface area contributed by atoms with Crippen LogP contribution in [0.1, 0.15) is 45.4 Å². The summed E-state index contributed by atoms with van der Waals surface area (Å²) in [5, 5.41) is 0. The Labute approximate surface area is 116 Å². The molecule has 0 saturated heterocycles. The Morgan fingerprint density at radius 1 is 1.11 bits per heavy atom. The molecule has 1 heterocycles. The number of para-hydroxylation sites is 2. The normalized spacial score (nSPS) is 14.2. The van der Waals surface area contributed by atoms with Gasteiger partial charge in [-0.05, 0) is 25.0 Å². The molecule has 0 fully saturated rings. The topological polar surface area (TPSA) is 24.7 Å². The van der Waals surface area contributed by atoms with E-state index in [0.717, 1.165) is 30.6 Å². The largest absolute Gasteiger partial charge is 0.255 e. The fraction of sp³-hybridized carbons (Fsp3) is 0.412. The number of rotatable bonds is 6. The molecule has 0 aromatic heterocycles. The van der Waals surface area contributed by atoms with E-state index in [-0.39, 0.29) is 0 Å². The van der Waals surface area contributed by atoms with Crippen molar-refractivity contribution >= 4 is 22.8 Å². The van der Waals surface area contributed by atoms with E-state index < -0.39 is 0 Å². The first kappa shape index (κ1) is 13.7. The van der Waals surface area contributed by atoms with Gasteiger partial charge in [0.1, 0.15) is 0 Å². The van der Waals surface area contributed by atoms with Crippen molar-refractivity contribution in [3.05, 3.63) is 36.9 Å². The first-order valence-electron chi connectivity index (χ1n) is 7.16. The van der Waals surface area contributed by atoms with Crippen LogP contribution in [0.15, 0.2) is 46.9 Å². The van der Waals surface area contributed by atoms with Gasteiger partial charge in [-0.2, -0.15) is 0 Å². The van der Waals surface area contributed by atoms with E-state index in [9.17, 15) is 0 Å². The van der Waals surface area contributed by atoms with Crippen molar-refractivity contribution in [3.8, 4) is 0 Å². The first-order chi connectivity index (χ1) is 9.33. The number of aliphatic imine (C=N–C) groups is 2. The van der Waals surface area contributed by atoms with Crippen LogP contribution in [0.4, 0.5) is 11.4 Å². The monoisotopic (exact) mass is 254 g/mol. The Balaban J connectivity index is 2.23. The highest BCUT2D eigenvalue weighted by Gasteiger charge is 2.11. The van der Waals surface area contributed by atoms with Gasteiger partial charge in [0.05, 0.1) is 11.4 Å². The maximum atomic E-state index is 4.81. The zero-order valence-electron chi connectivity index (χ0n) is 11.7. The van der Waals surface area contributed by atoms with Crippen LogP contribution in [-0.2, 0) is 0 Å². The fourth-order valence-electron chi connectivity index (χ4n) is 2.32. The SMILES string of the molecule is C=CCC1=Nc2ccccc2N=C(CCCCC)C1. The summed E-state index contributed by atoms with van der Waals surface area (Å²) in [6.45, 7) is 6.05. The van der Waals surface area contributed by atoms with Crippen molar-refractivity contribution in [2.75, 3.05) is 0 Å². The molecule has 100 valence electrons. The maximum Gasteiger partial charge on any atom is 0.0885 e. The van der Waals surface area contributed by atoms with E-state index in [0.29, 0.717) is 0 Å². The minimum Gasteiger partial charge on any atom is -0.255 e. The second kappa shape index (κ2) is 7.03. The molecule has 1 aromatic rings. The third-order valence-corrected chi connectivity index (χ3v) is 3.30. The molecule has 0 atom stereocenters. The molecular weight excluding hydrogens is 232 g/mol. The quantitative estimate of drug-likeness (QED) is 0.480. The van der Waals surface area contributed by atoms with Crippen LogP contribution in [0.2, 0.25) is 0 Å². The van der Waals surface area contributed by atoms with Crippen LogP contribution in [0.3, 0.4) is 0 Å². The molecule has 0 aliphatic carbocycles. The summed E-state index contributed by atoms with van der Waals surface area (Å²) in [5.41, 5.74) is 4.44. The van der Waals surface area contributed by atoms with Crippen molar-refractivity contribution in [2.24, 2.45) is 9.98 Å². The van der Waals surface area contributed by atoms with Gasteiger partial charge in [-0.3, -0.25) is 9.98 Å². The lowest BCUT2D eigenvalue weighted by molar-refractivity contribution is 0.740. The zero-order valence-corrected chi connectivity index (χ0v) is 11.7. The number of fused-ring (bicyclic) bond motifs is 1. The molecule has 0 bridgehead atoms. The van der Waals surface area contributed by atoms with Gasteiger partial charge in [0.15, 0.2) is 0 Å². The number of benzene rings is 1. The average Bonchev–Trinajstić information content (AvgIpc) is 2.58. The summed E-state index contributed by atoms with van der Waals surface area (Å²) in [4.78, 5) is 9.55. The van der Waals surface area contributed by atoms with Gasteiger partial charge in [0, 0.05) is 24.3 Å². The number of hydrogen-bond donors (Lipinski definition) is 0. The van der Waals surface area contributed by atoms with E-state index >= 15 is 0 Å². The minimum atomic E-state index is 0.848. The van der Waals surface area contributed by atoms with E-state index in [1.807, 2.05) is 24.3 Å². The molecule has 2 nitrogen and oxygen atoms in total. The van der Waals surface area contributed by atoms with Crippen LogP contribution < -0.4 is 0 Å². The molecule has 0 N–H and O–H groups in total. The van der Waals surface area contributed by atoms with Crippen molar-refractivity contribution < 1.29 is 0 Å². The van der Waals surface area contributed by atoms with Crippen LogP contribution in [0.5, 0.6) is 0 Å². The highest BCUT2D eigenvalue weighted by Crippen LogP contribution is 2.31. The van der Waals surface area contributed by atoms with E-state index in [1.54, 1.807) is 0 Å². The number of allylic oxidation sites excluding steroid dienone is 1. The summed E-state index contributed by atoms with van der Waals surface area (Å²) in [7, 11) is 0. The van der Waals surface area contributed by atoms with Gasteiger partial charge in [-0.25, -0.2) is 0 Å². The summed E-state index contributed by atoms with van der Waals surface area (Å²) < 4.78 is 0.